The molecule has 0 atom stereocenters. The number of rotatable bonds is 2. The maximum atomic E-state index is 12.3. The molecule has 3 rings (SSSR count). The molecule has 6 nitrogen and oxygen atoms in total. The number of thiazole rings is 1. The quantitative estimate of drug-likeness (QED) is 0.854. The van der Waals surface area contributed by atoms with E-state index in [9.17, 15) is 9.59 Å². The van der Waals surface area contributed by atoms with E-state index < -0.39 is 5.60 Å². The van der Waals surface area contributed by atoms with Crippen molar-refractivity contribution >= 4 is 39.8 Å². The van der Waals surface area contributed by atoms with Crippen molar-refractivity contribution in [3.63, 3.8) is 0 Å². The molecule has 0 aliphatic carbocycles. The first kappa shape index (κ1) is 17.9. The van der Waals surface area contributed by atoms with E-state index in [0.717, 1.165) is 16.1 Å². The molecule has 1 aliphatic rings. The Kier molecular flexibility index (Phi) is 4.83. The summed E-state index contributed by atoms with van der Waals surface area (Å²) in [7, 11) is 0. The summed E-state index contributed by atoms with van der Waals surface area (Å²) < 4.78 is 5.43. The molecule has 0 saturated heterocycles. The monoisotopic (exact) mass is 379 g/mol. The molecule has 0 radical (unpaired) electrons. The van der Waals surface area contributed by atoms with Crippen LogP contribution in [0.4, 0.5) is 9.93 Å². The largest absolute Gasteiger partial charge is 0.444 e. The molecule has 1 aliphatic heterocycles. The second kappa shape index (κ2) is 6.76. The summed E-state index contributed by atoms with van der Waals surface area (Å²) in [5.41, 5.74) is 1.39. The fourth-order valence-electron chi connectivity index (χ4n) is 2.49. The minimum atomic E-state index is -0.511. The third-order valence-electron chi connectivity index (χ3n) is 3.67. The number of fused-ring (bicyclic) bond motifs is 1. The molecule has 0 fully saturated rings. The SMILES string of the molecule is Cc1ccsc1C(=O)Nc1nc2c(s1)CN(C(=O)OC(C)(C)C)CC2. The lowest BCUT2D eigenvalue weighted by molar-refractivity contribution is 0.0225. The summed E-state index contributed by atoms with van der Waals surface area (Å²) in [4.78, 5) is 32.4. The Morgan fingerprint density at radius 1 is 1.36 bits per heavy atom. The van der Waals surface area contributed by atoms with Crippen LogP contribution in [0.5, 0.6) is 0 Å². The highest BCUT2D eigenvalue weighted by atomic mass is 32.1. The molecular weight excluding hydrogens is 358 g/mol. The van der Waals surface area contributed by atoms with Crippen molar-refractivity contribution in [2.75, 3.05) is 11.9 Å². The van der Waals surface area contributed by atoms with E-state index in [1.807, 2.05) is 39.1 Å². The number of hydrogen-bond acceptors (Lipinski definition) is 6. The van der Waals surface area contributed by atoms with E-state index in [-0.39, 0.29) is 12.0 Å². The minimum Gasteiger partial charge on any atom is -0.444 e. The van der Waals surface area contributed by atoms with E-state index >= 15 is 0 Å². The molecule has 2 amide bonds. The van der Waals surface area contributed by atoms with Crippen molar-refractivity contribution in [1.29, 1.82) is 0 Å². The van der Waals surface area contributed by atoms with Gasteiger partial charge in [0, 0.05) is 17.8 Å². The van der Waals surface area contributed by atoms with E-state index in [2.05, 4.69) is 10.3 Å². The smallest absolute Gasteiger partial charge is 0.410 e. The number of carbonyl (C=O) groups excluding carboxylic acids is 2. The number of ether oxygens (including phenoxy) is 1. The Bertz CT molecular complexity index is 804. The van der Waals surface area contributed by atoms with Crippen LogP contribution in [0.2, 0.25) is 0 Å². The first-order chi connectivity index (χ1) is 11.7. The number of nitrogens with one attached hydrogen (secondary N) is 1. The lowest BCUT2D eigenvalue weighted by atomic mass is 10.2. The van der Waals surface area contributed by atoms with Crippen LogP contribution in [0.3, 0.4) is 0 Å². The van der Waals surface area contributed by atoms with Gasteiger partial charge in [-0.05, 0) is 44.7 Å². The van der Waals surface area contributed by atoms with E-state index in [4.69, 9.17) is 4.74 Å². The molecule has 2 aromatic heterocycles. The van der Waals surface area contributed by atoms with Crippen LogP contribution < -0.4 is 5.32 Å². The van der Waals surface area contributed by atoms with Gasteiger partial charge in [0.25, 0.3) is 5.91 Å². The molecule has 25 heavy (non-hydrogen) atoms. The molecule has 134 valence electrons. The predicted octanol–water partition coefficient (Wildman–Crippen LogP) is 4.06. The topological polar surface area (TPSA) is 71.5 Å². The van der Waals surface area contributed by atoms with Gasteiger partial charge in [-0.15, -0.1) is 11.3 Å². The lowest BCUT2D eigenvalue weighted by Gasteiger charge is -2.29. The van der Waals surface area contributed by atoms with Crippen LogP contribution in [0.15, 0.2) is 11.4 Å². The van der Waals surface area contributed by atoms with Gasteiger partial charge in [-0.2, -0.15) is 0 Å². The Morgan fingerprint density at radius 2 is 2.12 bits per heavy atom. The van der Waals surface area contributed by atoms with Crippen molar-refractivity contribution in [2.45, 2.75) is 46.3 Å². The fourth-order valence-corrected chi connectivity index (χ4v) is 4.33. The first-order valence-corrected chi connectivity index (χ1v) is 9.74. The van der Waals surface area contributed by atoms with E-state index in [0.29, 0.717) is 29.5 Å². The standard InChI is InChI=1S/C17H21N3O3S2/c1-10-6-8-24-13(10)14(21)19-15-18-11-5-7-20(9-12(11)25-15)16(22)23-17(2,3)4/h6,8H,5,7,9H2,1-4H3,(H,18,19,21). The minimum absolute atomic E-state index is 0.136. The Morgan fingerprint density at radius 3 is 2.76 bits per heavy atom. The van der Waals surface area contributed by atoms with E-state index in [1.54, 1.807) is 4.90 Å². The Balaban J connectivity index is 1.68. The third-order valence-corrected chi connectivity index (χ3v) is 5.68. The van der Waals surface area contributed by atoms with Crippen molar-refractivity contribution in [3.05, 3.63) is 32.5 Å². The summed E-state index contributed by atoms with van der Waals surface area (Å²) in [6, 6.07) is 1.92. The molecule has 0 spiro atoms. The number of amides is 2. The normalized spacial score (nSPS) is 14.2. The summed E-state index contributed by atoms with van der Waals surface area (Å²) in [5, 5.41) is 5.35. The van der Waals surface area contributed by atoms with Gasteiger partial charge in [-0.25, -0.2) is 9.78 Å². The molecule has 1 N–H and O–H groups in total. The van der Waals surface area contributed by atoms with Gasteiger partial charge in [0.15, 0.2) is 5.13 Å². The molecule has 8 heteroatoms. The number of aromatic nitrogens is 1. The third kappa shape index (κ3) is 4.19. The maximum absolute atomic E-state index is 12.3. The molecule has 2 aromatic rings. The molecule has 0 unspecified atom stereocenters. The summed E-state index contributed by atoms with van der Waals surface area (Å²) >= 11 is 2.83. The average Bonchev–Trinajstić information content (AvgIpc) is 3.09. The lowest BCUT2D eigenvalue weighted by Crippen LogP contribution is -2.39. The number of carbonyl (C=O) groups is 2. The van der Waals surface area contributed by atoms with Crippen LogP contribution in [0.1, 0.15) is 46.6 Å². The second-order valence-electron chi connectivity index (χ2n) is 6.93. The number of nitrogens with zero attached hydrogens (tertiary/aromatic N) is 2. The Labute approximate surface area is 154 Å². The second-order valence-corrected chi connectivity index (χ2v) is 8.93. The van der Waals surface area contributed by atoms with Crippen molar-refractivity contribution < 1.29 is 14.3 Å². The maximum Gasteiger partial charge on any atom is 0.410 e. The van der Waals surface area contributed by atoms with Gasteiger partial charge < -0.3 is 9.64 Å². The number of aryl methyl sites for hydroxylation is 1. The van der Waals surface area contributed by atoms with Crippen molar-refractivity contribution in [2.24, 2.45) is 0 Å². The van der Waals surface area contributed by atoms with Crippen LogP contribution in [-0.4, -0.2) is 34.0 Å². The van der Waals surface area contributed by atoms with Crippen LogP contribution in [-0.2, 0) is 17.7 Å². The molecule has 0 saturated carbocycles. The number of thiophene rings is 1. The highest BCUT2D eigenvalue weighted by molar-refractivity contribution is 7.16. The summed E-state index contributed by atoms with van der Waals surface area (Å²) in [6.45, 7) is 8.52. The average molecular weight is 380 g/mol. The van der Waals surface area contributed by atoms with Gasteiger partial charge in [0.05, 0.1) is 17.1 Å². The van der Waals surface area contributed by atoms with Gasteiger partial charge >= 0.3 is 6.09 Å². The van der Waals surface area contributed by atoms with Crippen LogP contribution in [0, 0.1) is 6.92 Å². The van der Waals surface area contributed by atoms with Gasteiger partial charge in [-0.1, -0.05) is 11.3 Å². The first-order valence-electron chi connectivity index (χ1n) is 8.05. The predicted molar refractivity (Wildman–Crippen MR) is 99.5 cm³/mol. The van der Waals surface area contributed by atoms with Crippen LogP contribution in [0.25, 0.3) is 0 Å². The zero-order valence-corrected chi connectivity index (χ0v) is 16.3. The molecule has 3 heterocycles. The zero-order chi connectivity index (χ0) is 18.2. The Hall–Kier alpha value is -1.93. The van der Waals surface area contributed by atoms with Crippen molar-refractivity contribution in [1.82, 2.24) is 9.88 Å². The fraction of sp³-hybridized carbons (Fsp3) is 0.471. The van der Waals surface area contributed by atoms with E-state index in [1.165, 1.54) is 22.7 Å². The van der Waals surface area contributed by atoms with Crippen molar-refractivity contribution in [3.8, 4) is 0 Å². The zero-order valence-electron chi connectivity index (χ0n) is 14.7. The molecular formula is C17H21N3O3S2. The van der Waals surface area contributed by atoms with Gasteiger partial charge in [0.1, 0.15) is 5.60 Å². The number of anilines is 1. The molecule has 0 bridgehead atoms. The number of hydrogen-bond donors (Lipinski definition) is 1. The summed E-state index contributed by atoms with van der Waals surface area (Å²) in [5.74, 6) is -0.136. The molecule has 0 aromatic carbocycles. The van der Waals surface area contributed by atoms with Gasteiger partial charge in [0.2, 0.25) is 0 Å². The van der Waals surface area contributed by atoms with Gasteiger partial charge in [-0.3, -0.25) is 10.1 Å². The highest BCUT2D eigenvalue weighted by Gasteiger charge is 2.28. The van der Waals surface area contributed by atoms with Crippen LogP contribution >= 0.6 is 22.7 Å². The summed E-state index contributed by atoms with van der Waals surface area (Å²) in [6.07, 6.45) is 0.352. The highest BCUT2D eigenvalue weighted by Crippen LogP contribution is 2.30.